The van der Waals surface area contributed by atoms with Crippen LogP contribution in [0.3, 0.4) is 0 Å². The van der Waals surface area contributed by atoms with Crippen molar-refractivity contribution in [3.05, 3.63) is 65.2 Å². The van der Waals surface area contributed by atoms with Crippen molar-refractivity contribution in [3.63, 3.8) is 0 Å². The number of nitrogens with zero attached hydrogens (tertiary/aromatic N) is 3. The van der Waals surface area contributed by atoms with Gasteiger partial charge in [-0.05, 0) is 24.3 Å². The molecule has 0 bridgehead atoms. The summed E-state index contributed by atoms with van der Waals surface area (Å²) in [4.78, 5) is 16.1. The van der Waals surface area contributed by atoms with Gasteiger partial charge in [-0.2, -0.15) is 18.4 Å². The molecule has 29 heavy (non-hydrogen) atoms. The molecule has 0 unspecified atom stereocenters. The van der Waals surface area contributed by atoms with Crippen molar-refractivity contribution < 1.29 is 22.7 Å². The summed E-state index contributed by atoms with van der Waals surface area (Å²) in [5, 5.41) is 9.06. The van der Waals surface area contributed by atoms with Crippen LogP contribution in [0.25, 0.3) is 0 Å². The molecule has 1 heterocycles. The highest BCUT2D eigenvalue weighted by molar-refractivity contribution is 5.96. The average molecular weight is 403 g/mol. The Hall–Kier alpha value is -3.05. The van der Waals surface area contributed by atoms with E-state index in [9.17, 15) is 18.0 Å². The van der Waals surface area contributed by atoms with Gasteiger partial charge in [0.25, 0.3) is 5.91 Å². The summed E-state index contributed by atoms with van der Waals surface area (Å²) in [6.07, 6.45) is -4.56. The number of carbonyl (C=O) groups excluding carboxylic acids is 1. The number of halogens is 3. The standard InChI is InChI=1S/C21H20F3N3O2/c22-21(23,24)18-7-3-2-6-17(18)20(28)27-11-9-26(10-12-27)13-14-29-19-8-4-1-5-16(19)15-25/h1-8H,9-14H2. The van der Waals surface area contributed by atoms with Gasteiger partial charge in [-0.25, -0.2) is 0 Å². The van der Waals surface area contributed by atoms with Crippen LogP contribution >= 0.6 is 0 Å². The number of amides is 1. The van der Waals surface area contributed by atoms with Gasteiger partial charge in [0.1, 0.15) is 18.4 Å². The molecule has 3 rings (SSSR count). The molecule has 1 aliphatic heterocycles. The van der Waals surface area contributed by atoms with E-state index in [2.05, 4.69) is 11.0 Å². The van der Waals surface area contributed by atoms with Crippen LogP contribution in [0.15, 0.2) is 48.5 Å². The fourth-order valence-corrected chi connectivity index (χ4v) is 3.23. The third-order valence-electron chi connectivity index (χ3n) is 4.79. The predicted molar refractivity (Wildman–Crippen MR) is 100 cm³/mol. The second-order valence-electron chi connectivity index (χ2n) is 6.63. The smallest absolute Gasteiger partial charge is 0.417 e. The summed E-state index contributed by atoms with van der Waals surface area (Å²) in [7, 11) is 0. The molecule has 0 aromatic heterocycles. The van der Waals surface area contributed by atoms with E-state index in [-0.39, 0.29) is 5.56 Å². The third-order valence-corrected chi connectivity index (χ3v) is 4.79. The number of alkyl halides is 3. The van der Waals surface area contributed by atoms with E-state index in [0.29, 0.717) is 50.6 Å². The molecule has 8 heteroatoms. The summed E-state index contributed by atoms with van der Waals surface area (Å²) >= 11 is 0. The molecule has 0 atom stereocenters. The molecule has 1 fully saturated rings. The number of hydrogen-bond donors (Lipinski definition) is 0. The molecule has 5 nitrogen and oxygen atoms in total. The van der Waals surface area contributed by atoms with E-state index in [0.717, 1.165) is 6.07 Å². The van der Waals surface area contributed by atoms with Gasteiger partial charge in [-0.1, -0.05) is 24.3 Å². The number of ether oxygens (including phenoxy) is 1. The maximum atomic E-state index is 13.2. The predicted octanol–water partition coefficient (Wildman–Crippen LogP) is 3.41. The number of piperazine rings is 1. The molecule has 2 aromatic rings. The lowest BCUT2D eigenvalue weighted by molar-refractivity contribution is -0.138. The van der Waals surface area contributed by atoms with Crippen LogP contribution in [0.5, 0.6) is 5.75 Å². The van der Waals surface area contributed by atoms with Crippen molar-refractivity contribution in [2.24, 2.45) is 0 Å². The summed E-state index contributed by atoms with van der Waals surface area (Å²) in [5.74, 6) is -0.0793. The lowest BCUT2D eigenvalue weighted by Gasteiger charge is -2.35. The molecule has 0 radical (unpaired) electrons. The van der Waals surface area contributed by atoms with Crippen molar-refractivity contribution >= 4 is 5.91 Å². The van der Waals surface area contributed by atoms with Gasteiger partial charge >= 0.3 is 6.18 Å². The number of para-hydroxylation sites is 1. The third kappa shape index (κ3) is 5.06. The van der Waals surface area contributed by atoms with Crippen molar-refractivity contribution in [1.29, 1.82) is 5.26 Å². The minimum absolute atomic E-state index is 0.315. The van der Waals surface area contributed by atoms with Crippen molar-refractivity contribution in [3.8, 4) is 11.8 Å². The molecular formula is C21H20F3N3O2. The molecule has 0 N–H and O–H groups in total. The number of carbonyl (C=O) groups is 1. The molecule has 1 saturated heterocycles. The Balaban J connectivity index is 1.52. The first kappa shape index (κ1) is 20.7. The van der Waals surface area contributed by atoms with Crippen LogP contribution in [0.2, 0.25) is 0 Å². The average Bonchev–Trinajstić information content (AvgIpc) is 2.73. The van der Waals surface area contributed by atoms with Crippen LogP contribution in [-0.2, 0) is 6.18 Å². The summed E-state index contributed by atoms with van der Waals surface area (Å²) in [6.45, 7) is 2.76. The minimum atomic E-state index is -4.56. The number of nitriles is 1. The Morgan fingerprint density at radius 1 is 1.03 bits per heavy atom. The second-order valence-corrected chi connectivity index (χ2v) is 6.63. The Morgan fingerprint density at radius 2 is 1.69 bits per heavy atom. The highest BCUT2D eigenvalue weighted by Crippen LogP contribution is 2.32. The molecule has 1 aliphatic rings. The summed E-state index contributed by atoms with van der Waals surface area (Å²) in [5.41, 5.74) is -0.756. The zero-order valence-corrected chi connectivity index (χ0v) is 15.7. The van der Waals surface area contributed by atoms with E-state index in [1.165, 1.54) is 23.1 Å². The normalized spacial score (nSPS) is 15.0. The maximum Gasteiger partial charge on any atom is 0.417 e. The SMILES string of the molecule is N#Cc1ccccc1OCCN1CCN(C(=O)c2ccccc2C(F)(F)F)CC1. The monoisotopic (exact) mass is 403 g/mol. The molecule has 152 valence electrons. The Kier molecular flexibility index (Phi) is 6.39. The number of hydrogen-bond acceptors (Lipinski definition) is 4. The van der Waals surface area contributed by atoms with Crippen LogP contribution < -0.4 is 4.74 Å². The fourth-order valence-electron chi connectivity index (χ4n) is 3.23. The minimum Gasteiger partial charge on any atom is -0.491 e. The largest absolute Gasteiger partial charge is 0.491 e. The van der Waals surface area contributed by atoms with Gasteiger partial charge < -0.3 is 9.64 Å². The van der Waals surface area contributed by atoms with E-state index < -0.39 is 17.6 Å². The first-order valence-corrected chi connectivity index (χ1v) is 9.20. The summed E-state index contributed by atoms with van der Waals surface area (Å²) < 4.78 is 45.1. The lowest BCUT2D eigenvalue weighted by Crippen LogP contribution is -2.49. The van der Waals surface area contributed by atoms with Gasteiger partial charge in [0.2, 0.25) is 0 Å². The van der Waals surface area contributed by atoms with Gasteiger partial charge in [-0.15, -0.1) is 0 Å². The molecule has 0 saturated carbocycles. The van der Waals surface area contributed by atoms with Gasteiger partial charge in [-0.3, -0.25) is 9.69 Å². The molecule has 2 aromatic carbocycles. The topological polar surface area (TPSA) is 56.6 Å². The number of benzene rings is 2. The van der Waals surface area contributed by atoms with Gasteiger partial charge in [0, 0.05) is 32.7 Å². The Labute approximate surface area is 166 Å². The Morgan fingerprint density at radius 3 is 2.38 bits per heavy atom. The molecule has 0 aliphatic carbocycles. The van der Waals surface area contributed by atoms with Crippen molar-refractivity contribution in [2.75, 3.05) is 39.3 Å². The van der Waals surface area contributed by atoms with Crippen LogP contribution in [-0.4, -0.2) is 55.0 Å². The zero-order chi connectivity index (χ0) is 20.9. The molecule has 1 amide bonds. The maximum absolute atomic E-state index is 13.2. The first-order chi connectivity index (χ1) is 13.9. The highest BCUT2D eigenvalue weighted by Gasteiger charge is 2.36. The van der Waals surface area contributed by atoms with Crippen molar-refractivity contribution in [1.82, 2.24) is 9.80 Å². The fraction of sp³-hybridized carbons (Fsp3) is 0.333. The second kappa shape index (κ2) is 8.97. The van der Waals surface area contributed by atoms with Crippen LogP contribution in [0.4, 0.5) is 13.2 Å². The van der Waals surface area contributed by atoms with E-state index in [1.807, 2.05) is 0 Å². The highest BCUT2D eigenvalue weighted by atomic mass is 19.4. The number of rotatable bonds is 5. The van der Waals surface area contributed by atoms with Crippen molar-refractivity contribution in [2.45, 2.75) is 6.18 Å². The molecular weight excluding hydrogens is 383 g/mol. The van der Waals surface area contributed by atoms with E-state index >= 15 is 0 Å². The van der Waals surface area contributed by atoms with Gasteiger partial charge in [0.05, 0.1) is 16.7 Å². The molecule has 0 spiro atoms. The van der Waals surface area contributed by atoms with E-state index in [1.54, 1.807) is 24.3 Å². The quantitative estimate of drug-likeness (QED) is 0.768. The first-order valence-electron chi connectivity index (χ1n) is 9.20. The lowest BCUT2D eigenvalue weighted by atomic mass is 10.1. The Bertz CT molecular complexity index is 901. The summed E-state index contributed by atoms with van der Waals surface area (Å²) in [6, 6.07) is 13.9. The van der Waals surface area contributed by atoms with Crippen LogP contribution in [0.1, 0.15) is 21.5 Å². The zero-order valence-electron chi connectivity index (χ0n) is 15.7. The van der Waals surface area contributed by atoms with E-state index in [4.69, 9.17) is 10.00 Å². The van der Waals surface area contributed by atoms with Gasteiger partial charge in [0.15, 0.2) is 0 Å². The van der Waals surface area contributed by atoms with Crippen LogP contribution in [0, 0.1) is 11.3 Å².